The van der Waals surface area contributed by atoms with Crippen LogP contribution in [0.2, 0.25) is 0 Å². The highest BCUT2D eigenvalue weighted by Gasteiger charge is 2.46. The van der Waals surface area contributed by atoms with Crippen molar-refractivity contribution < 1.29 is 56.8 Å². The fraction of sp³-hybridized carbons (Fsp3) is 0.652. The number of aliphatic hydroxyl groups is 3. The average molecular weight is 851 g/mol. The van der Waals surface area contributed by atoms with Gasteiger partial charge in [0.2, 0.25) is 0 Å². The maximum atomic E-state index is 12.7. The summed E-state index contributed by atoms with van der Waals surface area (Å²) >= 11 is 0. The van der Waals surface area contributed by atoms with Gasteiger partial charge in [0.15, 0.2) is 12.4 Å². The first-order chi connectivity index (χ1) is 28.5. The molecule has 4 N–H and O–H groups in total. The molecule has 0 saturated carbocycles. The third-order valence-corrected chi connectivity index (χ3v) is 10.1. The van der Waals surface area contributed by atoms with Crippen LogP contribution in [-0.4, -0.2) is 96.0 Å². The lowest BCUT2D eigenvalue weighted by molar-refractivity contribution is -0.297. The van der Waals surface area contributed by atoms with E-state index in [0.717, 1.165) is 57.8 Å². The van der Waals surface area contributed by atoms with E-state index < -0.39 is 71.2 Å². The molecule has 6 atom stereocenters. The second kappa shape index (κ2) is 35.6. The Labute approximate surface area is 354 Å². The van der Waals surface area contributed by atoms with Gasteiger partial charge in [0, 0.05) is 12.8 Å². The molecule has 1 saturated heterocycles. The fourth-order valence-corrected chi connectivity index (χ4v) is 6.63. The van der Waals surface area contributed by atoms with Crippen molar-refractivity contribution >= 4 is 22.1 Å². The molecule has 1 aliphatic rings. The number of hydrogen-bond donors (Lipinski definition) is 4. The molecule has 13 heteroatoms. The molecule has 1 heterocycles. The summed E-state index contributed by atoms with van der Waals surface area (Å²) in [5, 5.41) is 30.8. The molecule has 1 rings (SSSR count). The van der Waals surface area contributed by atoms with Gasteiger partial charge in [0.1, 0.15) is 36.8 Å². The van der Waals surface area contributed by atoms with Crippen LogP contribution in [0.3, 0.4) is 0 Å². The highest BCUT2D eigenvalue weighted by atomic mass is 32.2. The van der Waals surface area contributed by atoms with Crippen LogP contribution in [0.4, 0.5) is 0 Å². The van der Waals surface area contributed by atoms with E-state index in [4.69, 9.17) is 18.9 Å². The number of rotatable bonds is 34. The molecule has 0 radical (unpaired) electrons. The zero-order valence-corrected chi connectivity index (χ0v) is 36.4. The van der Waals surface area contributed by atoms with Crippen LogP contribution in [-0.2, 0) is 38.7 Å². The Hall–Kier alpha value is -3.17. The first kappa shape index (κ1) is 53.8. The number of allylic oxidation sites excluding steroid dienone is 14. The molecule has 0 bridgehead atoms. The van der Waals surface area contributed by atoms with Crippen LogP contribution >= 0.6 is 0 Å². The van der Waals surface area contributed by atoms with Gasteiger partial charge in [-0.2, -0.15) is 8.42 Å². The van der Waals surface area contributed by atoms with Crippen LogP contribution < -0.4 is 0 Å². The van der Waals surface area contributed by atoms with Gasteiger partial charge in [-0.15, -0.1) is 0 Å². The molecule has 0 aromatic heterocycles. The summed E-state index contributed by atoms with van der Waals surface area (Å²) in [6.07, 6.45) is 36.4. The van der Waals surface area contributed by atoms with Gasteiger partial charge in [-0.1, -0.05) is 157 Å². The van der Waals surface area contributed by atoms with Gasteiger partial charge in [0.25, 0.3) is 10.1 Å². The molecule has 3 unspecified atom stereocenters. The van der Waals surface area contributed by atoms with E-state index in [-0.39, 0.29) is 19.4 Å². The smallest absolute Gasteiger partial charge is 0.306 e. The summed E-state index contributed by atoms with van der Waals surface area (Å²) in [7, 11) is -4.61. The predicted octanol–water partition coefficient (Wildman–Crippen LogP) is 8.50. The Bertz CT molecular complexity index is 1410. The van der Waals surface area contributed by atoms with Gasteiger partial charge >= 0.3 is 11.9 Å². The third-order valence-electron chi connectivity index (χ3n) is 9.32. The third kappa shape index (κ3) is 30.5. The first-order valence-corrected chi connectivity index (χ1v) is 23.3. The van der Waals surface area contributed by atoms with Gasteiger partial charge in [-0.25, -0.2) is 0 Å². The molecular weight excluding hydrogens is 777 g/mol. The lowest BCUT2D eigenvalue weighted by Gasteiger charge is -2.40. The van der Waals surface area contributed by atoms with E-state index in [1.54, 1.807) is 0 Å². The van der Waals surface area contributed by atoms with E-state index >= 15 is 0 Å². The van der Waals surface area contributed by atoms with E-state index in [0.29, 0.717) is 12.8 Å². The number of aliphatic hydroxyl groups excluding tert-OH is 3. The van der Waals surface area contributed by atoms with Crippen LogP contribution in [0, 0.1) is 0 Å². The van der Waals surface area contributed by atoms with Crippen molar-refractivity contribution in [1.82, 2.24) is 0 Å². The largest absolute Gasteiger partial charge is 0.462 e. The average Bonchev–Trinajstić information content (AvgIpc) is 3.20. The van der Waals surface area contributed by atoms with Gasteiger partial charge in [-0.05, 0) is 51.4 Å². The van der Waals surface area contributed by atoms with Crippen LogP contribution in [0.15, 0.2) is 85.1 Å². The van der Waals surface area contributed by atoms with E-state index in [2.05, 4.69) is 44.2 Å². The zero-order valence-electron chi connectivity index (χ0n) is 35.6. The number of esters is 2. The number of ether oxygens (including phenoxy) is 4. The lowest BCUT2D eigenvalue weighted by atomic mass is 10.00. The Morgan fingerprint density at radius 1 is 0.593 bits per heavy atom. The van der Waals surface area contributed by atoms with Gasteiger partial charge < -0.3 is 34.3 Å². The molecule has 59 heavy (non-hydrogen) atoms. The molecule has 0 aromatic rings. The zero-order chi connectivity index (χ0) is 43.4. The van der Waals surface area contributed by atoms with Gasteiger partial charge in [0.05, 0.1) is 6.61 Å². The molecule has 0 amide bonds. The highest BCUT2D eigenvalue weighted by Crippen LogP contribution is 2.24. The maximum absolute atomic E-state index is 12.7. The normalized spacial score (nSPS) is 21.1. The minimum atomic E-state index is -4.61. The topological polar surface area (TPSA) is 186 Å². The standard InChI is InChI=1S/C46H74O12S/c1-3-5-7-9-11-13-15-17-18-19-20-21-23-24-26-28-30-32-34-41(47)55-36-39(37-56-46-45(51)44(50)43(49)40(58-46)38-59(52,53)54)57-42(48)35-33-31-29-27-25-22-16-14-12-10-8-6-4-2/h7,9,11,13,15,17-22,25,29,31,39-40,43-46,49-51H,3-6,8,10,12,14,16,23-24,26-28,30,32-38H2,1-2H3,(H,52,53,54)/b9-7+,13-11+,17-15+,19-18+,21-20+,25-22+,31-29+/t39?,40-,43-,44?,45?,46+/m1/s1. The van der Waals surface area contributed by atoms with Crippen molar-refractivity contribution in [3.8, 4) is 0 Å². The summed E-state index contributed by atoms with van der Waals surface area (Å²) < 4.78 is 53.9. The molecule has 1 fully saturated rings. The van der Waals surface area contributed by atoms with Crippen molar-refractivity contribution in [3.63, 3.8) is 0 Å². The van der Waals surface area contributed by atoms with Gasteiger partial charge in [-0.3, -0.25) is 14.1 Å². The number of carbonyl (C=O) groups is 2. The second-order valence-electron chi connectivity index (χ2n) is 14.8. The van der Waals surface area contributed by atoms with Crippen LogP contribution in [0.25, 0.3) is 0 Å². The molecule has 336 valence electrons. The Kier molecular flexibility index (Phi) is 32.5. The lowest BCUT2D eigenvalue weighted by Crippen LogP contribution is -2.60. The number of hydrogen-bond acceptors (Lipinski definition) is 11. The SMILES string of the molecule is CCC/C=C/C=C/C=C/C=C/C=C/CCCCCCCC(=O)OCC(CO[C@H]1O[C@H](CS(=O)(=O)O)[C@@H](O)C(O)C1O)OC(=O)CC/C=C/C/C=C/CCCCCCCC. The second-order valence-corrected chi connectivity index (χ2v) is 16.3. The van der Waals surface area contributed by atoms with Crippen molar-refractivity contribution in [1.29, 1.82) is 0 Å². The Morgan fingerprint density at radius 2 is 1.15 bits per heavy atom. The van der Waals surface area contributed by atoms with Crippen molar-refractivity contribution in [3.05, 3.63) is 85.1 Å². The fourth-order valence-electron chi connectivity index (χ4n) is 5.93. The van der Waals surface area contributed by atoms with E-state index in [1.807, 2.05) is 54.7 Å². The highest BCUT2D eigenvalue weighted by molar-refractivity contribution is 7.85. The van der Waals surface area contributed by atoms with E-state index in [1.165, 1.54) is 38.5 Å². The van der Waals surface area contributed by atoms with E-state index in [9.17, 15) is 37.9 Å². The molecule has 12 nitrogen and oxygen atoms in total. The molecule has 0 aliphatic carbocycles. The van der Waals surface area contributed by atoms with Crippen LogP contribution in [0.1, 0.15) is 136 Å². The number of unbranched alkanes of at least 4 members (excludes halogenated alkanes) is 12. The summed E-state index contributed by atoms with van der Waals surface area (Å²) in [5.74, 6) is -2.12. The first-order valence-electron chi connectivity index (χ1n) is 21.7. The number of carbonyl (C=O) groups excluding carboxylic acids is 2. The minimum absolute atomic E-state index is 0.0471. The molecular formula is C46H74O12S. The Balaban J connectivity index is 2.53. The van der Waals surface area contributed by atoms with Crippen LogP contribution in [0.5, 0.6) is 0 Å². The Morgan fingerprint density at radius 3 is 1.78 bits per heavy atom. The van der Waals surface area contributed by atoms with Crippen molar-refractivity contribution in [2.24, 2.45) is 0 Å². The summed E-state index contributed by atoms with van der Waals surface area (Å²) in [4.78, 5) is 25.3. The molecule has 0 aromatic carbocycles. The summed E-state index contributed by atoms with van der Waals surface area (Å²) in [6, 6.07) is 0. The summed E-state index contributed by atoms with van der Waals surface area (Å²) in [5.41, 5.74) is 0. The maximum Gasteiger partial charge on any atom is 0.306 e. The summed E-state index contributed by atoms with van der Waals surface area (Å²) in [6.45, 7) is 3.56. The minimum Gasteiger partial charge on any atom is -0.462 e. The monoisotopic (exact) mass is 850 g/mol. The predicted molar refractivity (Wildman–Crippen MR) is 233 cm³/mol. The molecule has 1 aliphatic heterocycles. The van der Waals surface area contributed by atoms with Crippen molar-refractivity contribution in [2.45, 2.75) is 173 Å². The van der Waals surface area contributed by atoms with Crippen molar-refractivity contribution in [2.75, 3.05) is 19.0 Å². The molecule has 0 spiro atoms. The quantitative estimate of drug-likeness (QED) is 0.0159.